The van der Waals surface area contributed by atoms with Crippen molar-refractivity contribution in [2.45, 2.75) is 65.1 Å². The lowest BCUT2D eigenvalue weighted by Gasteiger charge is -2.35. The Labute approximate surface area is 107 Å². The lowest BCUT2D eigenvalue weighted by atomic mass is 10.0. The molecule has 0 bridgehead atoms. The highest BCUT2D eigenvalue weighted by molar-refractivity contribution is 4.79. The molecule has 1 fully saturated rings. The van der Waals surface area contributed by atoms with Crippen LogP contribution < -0.4 is 5.32 Å². The Hall–Kier alpha value is -0.120. The van der Waals surface area contributed by atoms with Crippen LogP contribution in [0.15, 0.2) is 0 Å². The molecule has 1 saturated heterocycles. The maximum Gasteiger partial charge on any atom is 0.0667 e. The van der Waals surface area contributed by atoms with E-state index in [1.54, 1.807) is 0 Å². The fourth-order valence-corrected chi connectivity index (χ4v) is 2.55. The number of aliphatic hydroxyl groups is 1. The van der Waals surface area contributed by atoms with Crippen LogP contribution in [0.4, 0.5) is 0 Å². The summed E-state index contributed by atoms with van der Waals surface area (Å²) >= 11 is 0. The highest BCUT2D eigenvalue weighted by Crippen LogP contribution is 2.13. The van der Waals surface area contributed by atoms with Crippen LogP contribution in [0.3, 0.4) is 0 Å². The van der Waals surface area contributed by atoms with Crippen molar-refractivity contribution in [3.05, 3.63) is 0 Å². The molecular weight excluding hydrogens is 212 g/mol. The third-order valence-electron chi connectivity index (χ3n) is 3.65. The summed E-state index contributed by atoms with van der Waals surface area (Å²) in [6, 6.07) is 1.27. The van der Waals surface area contributed by atoms with Gasteiger partial charge in [0.25, 0.3) is 0 Å². The molecular formula is C14H30N2O. The van der Waals surface area contributed by atoms with E-state index >= 15 is 0 Å². The smallest absolute Gasteiger partial charge is 0.0667 e. The zero-order valence-corrected chi connectivity index (χ0v) is 11.9. The van der Waals surface area contributed by atoms with Gasteiger partial charge in [0.15, 0.2) is 0 Å². The molecule has 1 unspecified atom stereocenters. The molecule has 1 aliphatic heterocycles. The number of piperidine rings is 1. The quantitative estimate of drug-likeness (QED) is 0.746. The molecule has 0 saturated carbocycles. The van der Waals surface area contributed by atoms with Gasteiger partial charge in [-0.05, 0) is 52.1 Å². The van der Waals surface area contributed by atoms with Crippen molar-refractivity contribution in [2.75, 3.05) is 19.6 Å². The number of rotatable bonds is 6. The first kappa shape index (κ1) is 14.9. The SMILES string of the molecule is CC(C)CC(O)CNC1CCN(C(C)C)CC1. The fourth-order valence-electron chi connectivity index (χ4n) is 2.55. The van der Waals surface area contributed by atoms with Gasteiger partial charge in [-0.25, -0.2) is 0 Å². The van der Waals surface area contributed by atoms with E-state index in [0.29, 0.717) is 18.0 Å². The number of hydrogen-bond donors (Lipinski definition) is 2. The molecule has 17 heavy (non-hydrogen) atoms. The lowest BCUT2D eigenvalue weighted by Crippen LogP contribution is -2.46. The van der Waals surface area contributed by atoms with Gasteiger partial charge in [-0.1, -0.05) is 13.8 Å². The van der Waals surface area contributed by atoms with Crippen LogP contribution in [0, 0.1) is 5.92 Å². The van der Waals surface area contributed by atoms with Gasteiger partial charge in [-0.15, -0.1) is 0 Å². The molecule has 0 aromatic carbocycles. The van der Waals surface area contributed by atoms with Gasteiger partial charge >= 0.3 is 0 Å². The first-order valence-electron chi connectivity index (χ1n) is 7.14. The van der Waals surface area contributed by atoms with Crippen LogP contribution in [-0.2, 0) is 0 Å². The van der Waals surface area contributed by atoms with E-state index in [2.05, 4.69) is 37.9 Å². The largest absolute Gasteiger partial charge is 0.392 e. The molecule has 1 atom stereocenters. The summed E-state index contributed by atoms with van der Waals surface area (Å²) in [4.78, 5) is 2.53. The van der Waals surface area contributed by atoms with Gasteiger partial charge in [0, 0.05) is 18.6 Å². The summed E-state index contributed by atoms with van der Waals surface area (Å²) < 4.78 is 0. The first-order chi connectivity index (χ1) is 7.99. The second-order valence-electron chi connectivity index (χ2n) is 6.10. The standard InChI is InChI=1S/C14H30N2O/c1-11(2)9-14(17)10-15-13-5-7-16(8-6-13)12(3)4/h11-15,17H,5-10H2,1-4H3. The average molecular weight is 242 g/mol. The molecule has 0 amide bonds. The Balaban J connectivity index is 2.14. The van der Waals surface area contributed by atoms with Gasteiger partial charge in [-0.2, -0.15) is 0 Å². The summed E-state index contributed by atoms with van der Waals surface area (Å²) in [5, 5.41) is 13.3. The van der Waals surface area contributed by atoms with E-state index in [9.17, 15) is 5.11 Å². The average Bonchev–Trinajstić information content (AvgIpc) is 2.26. The van der Waals surface area contributed by atoms with Crippen molar-refractivity contribution in [1.29, 1.82) is 0 Å². The van der Waals surface area contributed by atoms with E-state index < -0.39 is 0 Å². The molecule has 0 spiro atoms. The number of nitrogens with one attached hydrogen (secondary N) is 1. The molecule has 2 N–H and O–H groups in total. The van der Waals surface area contributed by atoms with Gasteiger partial charge in [0.1, 0.15) is 0 Å². The van der Waals surface area contributed by atoms with Crippen molar-refractivity contribution in [3.8, 4) is 0 Å². The number of hydrogen-bond acceptors (Lipinski definition) is 3. The number of nitrogens with zero attached hydrogens (tertiary/aromatic N) is 1. The van der Waals surface area contributed by atoms with Crippen molar-refractivity contribution in [3.63, 3.8) is 0 Å². The van der Waals surface area contributed by atoms with E-state index in [-0.39, 0.29) is 6.10 Å². The van der Waals surface area contributed by atoms with Crippen LogP contribution in [0.2, 0.25) is 0 Å². The summed E-state index contributed by atoms with van der Waals surface area (Å²) in [5.41, 5.74) is 0. The molecule has 0 radical (unpaired) electrons. The maximum absolute atomic E-state index is 9.82. The van der Waals surface area contributed by atoms with Crippen molar-refractivity contribution in [2.24, 2.45) is 5.92 Å². The molecule has 3 heteroatoms. The van der Waals surface area contributed by atoms with Gasteiger partial charge < -0.3 is 15.3 Å². The highest BCUT2D eigenvalue weighted by atomic mass is 16.3. The first-order valence-corrected chi connectivity index (χ1v) is 7.14. The minimum Gasteiger partial charge on any atom is -0.392 e. The molecule has 0 aromatic rings. The zero-order chi connectivity index (χ0) is 12.8. The third kappa shape index (κ3) is 5.84. The Morgan fingerprint density at radius 3 is 2.24 bits per heavy atom. The van der Waals surface area contributed by atoms with Crippen LogP contribution in [0.5, 0.6) is 0 Å². The number of likely N-dealkylation sites (tertiary alicyclic amines) is 1. The van der Waals surface area contributed by atoms with Crippen LogP contribution in [-0.4, -0.2) is 47.8 Å². The van der Waals surface area contributed by atoms with Crippen molar-refractivity contribution < 1.29 is 5.11 Å². The predicted octanol–water partition coefficient (Wildman–Crippen LogP) is 1.86. The van der Waals surface area contributed by atoms with E-state index in [4.69, 9.17) is 0 Å². The second kappa shape index (κ2) is 7.34. The molecule has 1 heterocycles. The molecule has 0 aliphatic carbocycles. The summed E-state index contributed by atoms with van der Waals surface area (Å²) in [7, 11) is 0. The lowest BCUT2D eigenvalue weighted by molar-refractivity contribution is 0.124. The van der Waals surface area contributed by atoms with Gasteiger partial charge in [0.05, 0.1) is 6.10 Å². The van der Waals surface area contributed by atoms with Gasteiger partial charge in [-0.3, -0.25) is 0 Å². The van der Waals surface area contributed by atoms with Crippen molar-refractivity contribution in [1.82, 2.24) is 10.2 Å². The van der Waals surface area contributed by atoms with Gasteiger partial charge in [0.2, 0.25) is 0 Å². The topological polar surface area (TPSA) is 35.5 Å². The molecule has 102 valence electrons. The summed E-state index contributed by atoms with van der Waals surface area (Å²) in [5.74, 6) is 0.578. The maximum atomic E-state index is 9.82. The molecule has 3 nitrogen and oxygen atoms in total. The number of aliphatic hydroxyl groups excluding tert-OH is 1. The molecule has 1 rings (SSSR count). The Bertz CT molecular complexity index is 198. The minimum atomic E-state index is -0.182. The normalized spacial score (nSPS) is 21.4. The van der Waals surface area contributed by atoms with Crippen LogP contribution in [0.1, 0.15) is 47.0 Å². The predicted molar refractivity (Wildman–Crippen MR) is 73.2 cm³/mol. The molecule has 0 aromatic heterocycles. The minimum absolute atomic E-state index is 0.182. The van der Waals surface area contributed by atoms with Crippen LogP contribution in [0.25, 0.3) is 0 Å². The summed E-state index contributed by atoms with van der Waals surface area (Å²) in [6.45, 7) is 12.0. The third-order valence-corrected chi connectivity index (χ3v) is 3.65. The fraction of sp³-hybridized carbons (Fsp3) is 1.00. The van der Waals surface area contributed by atoms with E-state index in [1.165, 1.54) is 25.9 Å². The zero-order valence-electron chi connectivity index (χ0n) is 11.9. The van der Waals surface area contributed by atoms with E-state index in [1.807, 2.05) is 0 Å². The van der Waals surface area contributed by atoms with E-state index in [0.717, 1.165) is 13.0 Å². The Morgan fingerprint density at radius 1 is 1.18 bits per heavy atom. The summed E-state index contributed by atoms with van der Waals surface area (Å²) in [6.07, 6.45) is 3.15. The Morgan fingerprint density at radius 2 is 1.76 bits per heavy atom. The van der Waals surface area contributed by atoms with Crippen molar-refractivity contribution >= 4 is 0 Å². The monoisotopic (exact) mass is 242 g/mol. The Kier molecular flexibility index (Phi) is 6.45. The second-order valence-corrected chi connectivity index (χ2v) is 6.10. The molecule has 1 aliphatic rings. The van der Waals surface area contributed by atoms with Crippen LogP contribution >= 0.6 is 0 Å². The highest BCUT2D eigenvalue weighted by Gasteiger charge is 2.20.